The van der Waals surface area contributed by atoms with Gasteiger partial charge in [0, 0.05) is 25.2 Å². The molecule has 0 aromatic heterocycles. The fraction of sp³-hybridized carbons (Fsp3) is 0.176. The van der Waals surface area contributed by atoms with E-state index in [1.165, 1.54) is 12.1 Å². The number of rotatable bonds is 2. The molecule has 0 saturated carbocycles. The first kappa shape index (κ1) is 14.4. The second-order valence-corrected chi connectivity index (χ2v) is 5.62. The van der Waals surface area contributed by atoms with Gasteiger partial charge < -0.3 is 0 Å². The maximum Gasteiger partial charge on any atom is 0.271 e. The van der Waals surface area contributed by atoms with Gasteiger partial charge >= 0.3 is 0 Å². The second-order valence-electron chi connectivity index (χ2n) is 5.62. The fourth-order valence-electron chi connectivity index (χ4n) is 3.08. The van der Waals surface area contributed by atoms with E-state index in [1.807, 2.05) is 23.1 Å². The van der Waals surface area contributed by atoms with Crippen LogP contribution in [0.25, 0.3) is 0 Å². The molecule has 0 atom stereocenters. The molecule has 0 saturated heterocycles. The monoisotopic (exact) mass is 322 g/mol. The predicted molar refractivity (Wildman–Crippen MR) is 89.6 cm³/mol. The summed E-state index contributed by atoms with van der Waals surface area (Å²) < 4.78 is 0. The predicted octanol–water partition coefficient (Wildman–Crippen LogP) is 2.95. The lowest BCUT2D eigenvalue weighted by molar-refractivity contribution is -0.384. The topological polar surface area (TPSA) is 79.0 Å². The molecule has 0 unspecified atom stereocenters. The minimum atomic E-state index is -0.426. The molecule has 2 aliphatic rings. The zero-order chi connectivity index (χ0) is 16.7. The Morgan fingerprint density at radius 3 is 2.79 bits per heavy atom. The van der Waals surface area contributed by atoms with Crippen LogP contribution in [-0.2, 0) is 0 Å². The molecule has 24 heavy (non-hydrogen) atoms. The number of anilines is 2. The van der Waals surface area contributed by atoms with Crippen LogP contribution in [0.15, 0.2) is 53.5 Å². The van der Waals surface area contributed by atoms with Crippen LogP contribution in [0.2, 0.25) is 0 Å². The summed E-state index contributed by atoms with van der Waals surface area (Å²) in [4.78, 5) is 31.4. The molecule has 0 aliphatic carbocycles. The molecule has 1 amide bonds. The molecule has 7 heteroatoms. The number of benzene rings is 2. The average Bonchev–Trinajstić information content (AvgIpc) is 2.62. The Morgan fingerprint density at radius 1 is 1.12 bits per heavy atom. The minimum Gasteiger partial charge on any atom is -0.280 e. The van der Waals surface area contributed by atoms with Gasteiger partial charge in [0.05, 0.1) is 21.9 Å². The van der Waals surface area contributed by atoms with E-state index < -0.39 is 4.92 Å². The maximum absolute atomic E-state index is 12.7. The van der Waals surface area contributed by atoms with E-state index in [0.717, 1.165) is 6.42 Å². The standard InChI is InChI=1S/C17H14N4O3/c22-16-14-7-1-2-8-15(14)20(17-18-9-4-10-19(16)17)12-5-3-6-13(11-12)21(23)24/h1-3,5-8,11H,4,9-10H2. The first-order valence-electron chi connectivity index (χ1n) is 7.67. The highest BCUT2D eigenvalue weighted by atomic mass is 16.6. The van der Waals surface area contributed by atoms with Crippen LogP contribution in [0.1, 0.15) is 16.8 Å². The molecule has 2 aromatic rings. The molecule has 0 fully saturated rings. The van der Waals surface area contributed by atoms with Gasteiger partial charge in [-0.05, 0) is 24.6 Å². The summed E-state index contributed by atoms with van der Waals surface area (Å²) in [6.45, 7) is 1.23. The molecule has 4 rings (SSSR count). The molecular weight excluding hydrogens is 308 g/mol. The maximum atomic E-state index is 12.7. The highest BCUT2D eigenvalue weighted by Crippen LogP contribution is 2.36. The summed E-state index contributed by atoms with van der Waals surface area (Å²) in [7, 11) is 0. The van der Waals surface area contributed by atoms with Gasteiger partial charge in [0.2, 0.25) is 5.96 Å². The number of nitrogens with zero attached hydrogens (tertiary/aromatic N) is 4. The Hall–Kier alpha value is -3.22. The lowest BCUT2D eigenvalue weighted by atomic mass is 10.1. The summed E-state index contributed by atoms with van der Waals surface area (Å²) >= 11 is 0. The van der Waals surface area contributed by atoms with Crippen molar-refractivity contribution >= 4 is 28.9 Å². The van der Waals surface area contributed by atoms with Gasteiger partial charge in [0.15, 0.2) is 0 Å². The van der Waals surface area contributed by atoms with Gasteiger partial charge in [-0.25, -0.2) is 0 Å². The van der Waals surface area contributed by atoms with Crippen LogP contribution in [0, 0.1) is 10.1 Å². The number of non-ortho nitro benzene ring substituents is 1. The third-order valence-electron chi connectivity index (χ3n) is 4.15. The number of guanidine groups is 1. The molecule has 2 heterocycles. The van der Waals surface area contributed by atoms with Crippen LogP contribution < -0.4 is 4.90 Å². The summed E-state index contributed by atoms with van der Waals surface area (Å²) in [6, 6.07) is 13.6. The Kier molecular flexibility index (Phi) is 3.26. The van der Waals surface area contributed by atoms with Crippen molar-refractivity contribution in [2.75, 3.05) is 18.0 Å². The van der Waals surface area contributed by atoms with E-state index in [4.69, 9.17) is 0 Å². The van der Waals surface area contributed by atoms with Crippen molar-refractivity contribution < 1.29 is 9.72 Å². The first-order chi connectivity index (χ1) is 11.7. The lowest BCUT2D eigenvalue weighted by Crippen LogP contribution is -2.52. The molecule has 2 aliphatic heterocycles. The van der Waals surface area contributed by atoms with E-state index in [9.17, 15) is 14.9 Å². The number of nitro groups is 1. The van der Waals surface area contributed by atoms with Crippen molar-refractivity contribution in [3.63, 3.8) is 0 Å². The number of para-hydroxylation sites is 1. The third-order valence-corrected chi connectivity index (χ3v) is 4.15. The van der Waals surface area contributed by atoms with E-state index >= 15 is 0 Å². The zero-order valence-electron chi connectivity index (χ0n) is 12.8. The fourth-order valence-corrected chi connectivity index (χ4v) is 3.08. The summed E-state index contributed by atoms with van der Waals surface area (Å²) in [5.41, 5.74) is 1.89. The third kappa shape index (κ3) is 2.13. The van der Waals surface area contributed by atoms with Crippen LogP contribution in [0.3, 0.4) is 0 Å². The Balaban J connectivity index is 1.93. The molecule has 0 radical (unpaired) electrons. The van der Waals surface area contributed by atoms with Gasteiger partial charge in [-0.2, -0.15) is 0 Å². The largest absolute Gasteiger partial charge is 0.280 e. The minimum absolute atomic E-state index is 0.00448. The number of hydrogen-bond acceptors (Lipinski definition) is 5. The molecule has 0 spiro atoms. The lowest BCUT2D eigenvalue weighted by Gasteiger charge is -2.40. The quantitative estimate of drug-likeness (QED) is 0.629. The highest BCUT2D eigenvalue weighted by molar-refractivity contribution is 6.21. The number of carbonyl (C=O) groups is 1. The number of nitro benzene ring substituents is 1. The van der Waals surface area contributed by atoms with Crippen molar-refractivity contribution in [2.24, 2.45) is 4.99 Å². The van der Waals surface area contributed by atoms with Crippen molar-refractivity contribution in [3.8, 4) is 0 Å². The summed E-state index contributed by atoms with van der Waals surface area (Å²) in [6.07, 6.45) is 0.806. The van der Waals surface area contributed by atoms with Crippen molar-refractivity contribution in [1.29, 1.82) is 0 Å². The number of aliphatic imine (C=N–C) groups is 1. The Bertz CT molecular complexity index is 878. The molecule has 120 valence electrons. The van der Waals surface area contributed by atoms with Crippen LogP contribution in [0.4, 0.5) is 17.1 Å². The average molecular weight is 322 g/mol. The van der Waals surface area contributed by atoms with Crippen LogP contribution in [0.5, 0.6) is 0 Å². The van der Waals surface area contributed by atoms with Gasteiger partial charge in [-0.1, -0.05) is 18.2 Å². The smallest absolute Gasteiger partial charge is 0.271 e. The van der Waals surface area contributed by atoms with E-state index in [0.29, 0.717) is 36.0 Å². The summed E-state index contributed by atoms with van der Waals surface area (Å²) in [5, 5.41) is 11.1. The molecular formula is C17H14N4O3. The molecule has 0 N–H and O–H groups in total. The SMILES string of the molecule is O=C1c2ccccc2N(c2cccc([N+](=O)[O-])c2)C2=NCCCN12. The van der Waals surface area contributed by atoms with Gasteiger partial charge in [0.25, 0.3) is 11.6 Å². The van der Waals surface area contributed by atoms with Crippen LogP contribution in [-0.4, -0.2) is 34.8 Å². The van der Waals surface area contributed by atoms with Gasteiger partial charge in [-0.3, -0.25) is 29.7 Å². The molecule has 2 aromatic carbocycles. The Morgan fingerprint density at radius 2 is 1.96 bits per heavy atom. The van der Waals surface area contributed by atoms with Crippen molar-refractivity contribution in [3.05, 3.63) is 64.2 Å². The first-order valence-corrected chi connectivity index (χ1v) is 7.67. The normalized spacial score (nSPS) is 16.3. The van der Waals surface area contributed by atoms with Gasteiger partial charge in [0.1, 0.15) is 0 Å². The molecule has 0 bridgehead atoms. The van der Waals surface area contributed by atoms with Gasteiger partial charge in [-0.15, -0.1) is 0 Å². The van der Waals surface area contributed by atoms with E-state index in [1.54, 1.807) is 23.1 Å². The van der Waals surface area contributed by atoms with Crippen molar-refractivity contribution in [2.45, 2.75) is 6.42 Å². The van der Waals surface area contributed by atoms with Crippen molar-refractivity contribution in [1.82, 2.24) is 4.90 Å². The Labute approximate surface area is 138 Å². The highest BCUT2D eigenvalue weighted by Gasteiger charge is 2.37. The summed E-state index contributed by atoms with van der Waals surface area (Å²) in [5.74, 6) is 0.455. The number of amides is 1. The molecule has 7 nitrogen and oxygen atoms in total. The van der Waals surface area contributed by atoms with E-state index in [2.05, 4.69) is 4.99 Å². The van der Waals surface area contributed by atoms with E-state index in [-0.39, 0.29) is 11.6 Å². The number of carbonyl (C=O) groups excluding carboxylic acids is 1. The number of hydrogen-bond donors (Lipinski definition) is 0. The second kappa shape index (κ2) is 5.45. The zero-order valence-corrected chi connectivity index (χ0v) is 12.8. The van der Waals surface area contributed by atoms with Crippen LogP contribution >= 0.6 is 0 Å². The number of fused-ring (bicyclic) bond motifs is 2.